The number of carboxylic acid groups (broad SMARTS) is 1. The number of benzene rings is 1. The van der Waals surface area contributed by atoms with Crippen molar-refractivity contribution in [3.63, 3.8) is 0 Å². The maximum atomic E-state index is 11.1. The molecule has 2 aromatic rings. The lowest BCUT2D eigenvalue weighted by Crippen LogP contribution is -2.07. The van der Waals surface area contributed by atoms with Crippen LogP contribution >= 0.6 is 0 Å². The number of carbonyl (C=O) groups is 1. The SMILES string of the molecule is COc1ccc(-n2cnc(C)c2C(=O)O)cc1. The second kappa shape index (κ2) is 4.29. The number of hydrogen-bond acceptors (Lipinski definition) is 3. The third-order valence-corrected chi connectivity index (χ3v) is 2.50. The van der Waals surface area contributed by atoms with Crippen LogP contribution in [0.3, 0.4) is 0 Å². The van der Waals surface area contributed by atoms with E-state index in [1.54, 1.807) is 38.3 Å². The summed E-state index contributed by atoms with van der Waals surface area (Å²) in [6.45, 7) is 1.67. The molecule has 0 aliphatic rings. The van der Waals surface area contributed by atoms with Gasteiger partial charge < -0.3 is 9.84 Å². The normalized spacial score (nSPS) is 10.2. The zero-order valence-corrected chi connectivity index (χ0v) is 9.54. The Kier molecular flexibility index (Phi) is 2.82. The highest BCUT2D eigenvalue weighted by molar-refractivity contribution is 5.87. The molecule has 0 fully saturated rings. The molecule has 0 amide bonds. The Bertz CT molecular complexity index is 543. The maximum Gasteiger partial charge on any atom is 0.354 e. The van der Waals surface area contributed by atoms with E-state index in [2.05, 4.69) is 4.98 Å². The summed E-state index contributed by atoms with van der Waals surface area (Å²) in [4.78, 5) is 15.1. The zero-order valence-electron chi connectivity index (χ0n) is 9.54. The second-order valence-electron chi connectivity index (χ2n) is 3.55. The van der Waals surface area contributed by atoms with Crippen LogP contribution in [-0.4, -0.2) is 27.7 Å². The number of methoxy groups -OCH3 is 1. The van der Waals surface area contributed by atoms with Gasteiger partial charge in [0.25, 0.3) is 0 Å². The Balaban J connectivity index is 2.49. The van der Waals surface area contributed by atoms with Crippen LogP contribution in [0.2, 0.25) is 0 Å². The fraction of sp³-hybridized carbons (Fsp3) is 0.167. The van der Waals surface area contributed by atoms with Crippen LogP contribution in [0.5, 0.6) is 5.75 Å². The summed E-state index contributed by atoms with van der Waals surface area (Å²) in [5.74, 6) is -0.265. The minimum atomic E-state index is -0.990. The highest BCUT2D eigenvalue weighted by atomic mass is 16.5. The molecule has 5 heteroatoms. The third-order valence-electron chi connectivity index (χ3n) is 2.50. The van der Waals surface area contributed by atoms with Crippen molar-refractivity contribution in [2.75, 3.05) is 7.11 Å². The van der Waals surface area contributed by atoms with Gasteiger partial charge in [-0.05, 0) is 31.2 Å². The van der Waals surface area contributed by atoms with Crippen molar-refractivity contribution >= 4 is 5.97 Å². The maximum absolute atomic E-state index is 11.1. The van der Waals surface area contributed by atoms with Crippen LogP contribution in [0.1, 0.15) is 16.2 Å². The number of hydrogen-bond donors (Lipinski definition) is 1. The fourth-order valence-electron chi connectivity index (χ4n) is 1.63. The van der Waals surface area contributed by atoms with Crippen LogP contribution in [0.25, 0.3) is 5.69 Å². The number of ether oxygens (including phenoxy) is 1. The Morgan fingerprint density at radius 1 is 1.35 bits per heavy atom. The van der Waals surface area contributed by atoms with Gasteiger partial charge in [-0.3, -0.25) is 4.57 Å². The van der Waals surface area contributed by atoms with Gasteiger partial charge in [0, 0.05) is 5.69 Å². The molecule has 1 N–H and O–H groups in total. The number of imidazole rings is 1. The third kappa shape index (κ3) is 1.99. The van der Waals surface area contributed by atoms with E-state index in [0.29, 0.717) is 5.69 Å². The average Bonchev–Trinajstić information content (AvgIpc) is 2.71. The second-order valence-corrected chi connectivity index (χ2v) is 3.55. The van der Waals surface area contributed by atoms with Crippen molar-refractivity contribution in [3.05, 3.63) is 42.0 Å². The molecule has 0 saturated carbocycles. The zero-order chi connectivity index (χ0) is 12.4. The Labute approximate surface area is 98.3 Å². The molecule has 2 rings (SSSR count). The first-order valence-corrected chi connectivity index (χ1v) is 5.05. The highest BCUT2D eigenvalue weighted by Crippen LogP contribution is 2.18. The van der Waals surface area contributed by atoms with E-state index in [-0.39, 0.29) is 5.69 Å². The predicted molar refractivity (Wildman–Crippen MR) is 61.8 cm³/mol. The predicted octanol–water partition coefficient (Wildman–Crippen LogP) is 1.89. The summed E-state index contributed by atoms with van der Waals surface area (Å²) < 4.78 is 6.59. The molecule has 1 aromatic carbocycles. The number of nitrogens with zero attached hydrogens (tertiary/aromatic N) is 2. The van der Waals surface area contributed by atoms with Gasteiger partial charge in [-0.2, -0.15) is 0 Å². The molecule has 0 aliphatic carbocycles. The molecule has 1 heterocycles. The molecule has 0 atom stereocenters. The lowest BCUT2D eigenvalue weighted by Gasteiger charge is -2.06. The van der Waals surface area contributed by atoms with E-state index < -0.39 is 5.97 Å². The molecule has 5 nitrogen and oxygen atoms in total. The van der Waals surface area contributed by atoms with Crippen LogP contribution in [0.15, 0.2) is 30.6 Å². The van der Waals surface area contributed by atoms with Crippen molar-refractivity contribution in [3.8, 4) is 11.4 Å². The van der Waals surface area contributed by atoms with Crippen molar-refractivity contribution in [1.29, 1.82) is 0 Å². The topological polar surface area (TPSA) is 64.4 Å². The van der Waals surface area contributed by atoms with Crippen LogP contribution in [-0.2, 0) is 0 Å². The molecular weight excluding hydrogens is 220 g/mol. The van der Waals surface area contributed by atoms with Crippen molar-refractivity contribution in [2.45, 2.75) is 6.92 Å². The molecule has 17 heavy (non-hydrogen) atoms. The minimum Gasteiger partial charge on any atom is -0.497 e. The molecule has 0 unspecified atom stereocenters. The van der Waals surface area contributed by atoms with Gasteiger partial charge in [-0.1, -0.05) is 0 Å². The summed E-state index contributed by atoms with van der Waals surface area (Å²) in [5.41, 5.74) is 1.41. The Morgan fingerprint density at radius 2 is 2.00 bits per heavy atom. The van der Waals surface area contributed by atoms with E-state index in [1.165, 1.54) is 10.9 Å². The first-order valence-electron chi connectivity index (χ1n) is 5.05. The number of rotatable bonds is 3. The smallest absolute Gasteiger partial charge is 0.354 e. The first kappa shape index (κ1) is 11.2. The number of aryl methyl sites for hydroxylation is 1. The van der Waals surface area contributed by atoms with Crippen molar-refractivity contribution in [1.82, 2.24) is 9.55 Å². The quantitative estimate of drug-likeness (QED) is 0.877. The molecule has 0 spiro atoms. The number of aromatic carboxylic acids is 1. The summed E-state index contributed by atoms with van der Waals surface area (Å²) >= 11 is 0. The molecule has 0 radical (unpaired) electrons. The fourth-order valence-corrected chi connectivity index (χ4v) is 1.63. The van der Waals surface area contributed by atoms with E-state index >= 15 is 0 Å². The summed E-state index contributed by atoms with van der Waals surface area (Å²) in [5, 5.41) is 9.11. The molecule has 88 valence electrons. The number of carboxylic acids is 1. The molecule has 1 aromatic heterocycles. The van der Waals surface area contributed by atoms with Crippen molar-refractivity contribution in [2.24, 2.45) is 0 Å². The van der Waals surface area contributed by atoms with E-state index in [0.717, 1.165) is 11.4 Å². The van der Waals surface area contributed by atoms with Gasteiger partial charge in [0.05, 0.1) is 12.8 Å². The van der Waals surface area contributed by atoms with E-state index in [4.69, 9.17) is 9.84 Å². The largest absolute Gasteiger partial charge is 0.497 e. The van der Waals surface area contributed by atoms with E-state index in [1.807, 2.05) is 0 Å². The molecule has 0 aliphatic heterocycles. The molecule has 0 saturated heterocycles. The van der Waals surface area contributed by atoms with Crippen LogP contribution in [0.4, 0.5) is 0 Å². The first-order chi connectivity index (χ1) is 8.13. The summed E-state index contributed by atoms with van der Waals surface area (Å²) in [6.07, 6.45) is 1.50. The van der Waals surface area contributed by atoms with Gasteiger partial charge in [0.2, 0.25) is 0 Å². The van der Waals surface area contributed by atoms with Crippen LogP contribution < -0.4 is 4.74 Å². The molecule has 0 bridgehead atoms. The van der Waals surface area contributed by atoms with Gasteiger partial charge in [0.15, 0.2) is 5.69 Å². The lowest BCUT2D eigenvalue weighted by atomic mass is 10.2. The lowest BCUT2D eigenvalue weighted by molar-refractivity contribution is 0.0687. The standard InChI is InChI=1S/C12H12N2O3/c1-8-11(12(15)16)14(7-13-8)9-3-5-10(17-2)6-4-9/h3-7H,1-2H3,(H,15,16). The average molecular weight is 232 g/mol. The number of aromatic nitrogens is 2. The van der Waals surface area contributed by atoms with Gasteiger partial charge >= 0.3 is 5.97 Å². The molecular formula is C12H12N2O3. The van der Waals surface area contributed by atoms with Crippen molar-refractivity contribution < 1.29 is 14.6 Å². The summed E-state index contributed by atoms with van der Waals surface area (Å²) in [6, 6.07) is 7.12. The van der Waals surface area contributed by atoms with Gasteiger partial charge in [-0.15, -0.1) is 0 Å². The van der Waals surface area contributed by atoms with Gasteiger partial charge in [-0.25, -0.2) is 9.78 Å². The highest BCUT2D eigenvalue weighted by Gasteiger charge is 2.15. The van der Waals surface area contributed by atoms with Crippen LogP contribution in [0, 0.1) is 6.92 Å². The Morgan fingerprint density at radius 3 is 2.53 bits per heavy atom. The monoisotopic (exact) mass is 232 g/mol. The Hall–Kier alpha value is -2.30. The van der Waals surface area contributed by atoms with Gasteiger partial charge in [0.1, 0.15) is 12.1 Å². The summed E-state index contributed by atoms with van der Waals surface area (Å²) in [7, 11) is 1.58. The minimum absolute atomic E-state index is 0.176. The van der Waals surface area contributed by atoms with E-state index in [9.17, 15) is 4.79 Å².